The van der Waals surface area contributed by atoms with Crippen LogP contribution in [0.3, 0.4) is 0 Å². The van der Waals surface area contributed by atoms with Crippen LogP contribution in [0.2, 0.25) is 0 Å². The van der Waals surface area contributed by atoms with Crippen LogP contribution in [0.5, 0.6) is 0 Å². The average molecular weight is 406 g/mol. The number of halogens is 1. The summed E-state index contributed by atoms with van der Waals surface area (Å²) in [5.41, 5.74) is 0.861. The molecular formula is C19H24BrN3O2. The number of carbonyl (C=O) groups is 2. The van der Waals surface area contributed by atoms with Gasteiger partial charge in [0.25, 0.3) is 0 Å². The third kappa shape index (κ3) is 3.22. The summed E-state index contributed by atoms with van der Waals surface area (Å²) >= 11 is 3.51. The topological polar surface area (TPSA) is 43.9 Å². The molecule has 3 fully saturated rings. The minimum absolute atomic E-state index is 0.0322. The van der Waals surface area contributed by atoms with Crippen LogP contribution in [0.15, 0.2) is 28.7 Å². The van der Waals surface area contributed by atoms with E-state index in [2.05, 4.69) is 20.8 Å². The highest BCUT2D eigenvalue weighted by atomic mass is 79.9. The Morgan fingerprint density at radius 2 is 1.88 bits per heavy atom. The van der Waals surface area contributed by atoms with E-state index in [4.69, 9.17) is 0 Å². The van der Waals surface area contributed by atoms with Crippen LogP contribution in [0.25, 0.3) is 0 Å². The third-order valence-corrected chi connectivity index (χ3v) is 6.47. The fraction of sp³-hybridized carbons (Fsp3) is 0.579. The molecule has 5 nitrogen and oxygen atoms in total. The van der Waals surface area contributed by atoms with Gasteiger partial charge in [-0.2, -0.15) is 0 Å². The molecule has 6 heteroatoms. The van der Waals surface area contributed by atoms with Gasteiger partial charge < -0.3 is 9.80 Å². The van der Waals surface area contributed by atoms with Crippen molar-refractivity contribution >= 4 is 33.4 Å². The van der Waals surface area contributed by atoms with E-state index in [0.717, 1.165) is 36.3 Å². The maximum Gasteiger partial charge on any atom is 0.239 e. The molecule has 0 radical (unpaired) electrons. The van der Waals surface area contributed by atoms with Crippen molar-refractivity contribution in [2.45, 2.75) is 31.7 Å². The normalized spacial score (nSPS) is 27.5. The van der Waals surface area contributed by atoms with Crippen LogP contribution in [-0.2, 0) is 9.59 Å². The maximum atomic E-state index is 13.0. The summed E-state index contributed by atoms with van der Waals surface area (Å²) in [5, 5.41) is 0. The molecule has 1 aromatic carbocycles. The highest BCUT2D eigenvalue weighted by Gasteiger charge is 2.42. The molecular weight excluding hydrogens is 382 g/mol. The van der Waals surface area contributed by atoms with Crippen molar-refractivity contribution in [2.24, 2.45) is 5.92 Å². The first kappa shape index (κ1) is 17.0. The SMILES string of the molecule is O=C([C@H]1CCN(c2ccccc2Br)C1=O)N1CCN2CCCC[C@@H]2C1. The van der Waals surface area contributed by atoms with Gasteiger partial charge in [-0.15, -0.1) is 0 Å². The van der Waals surface area contributed by atoms with Crippen molar-refractivity contribution < 1.29 is 9.59 Å². The second-order valence-electron chi connectivity index (χ2n) is 7.25. The largest absolute Gasteiger partial charge is 0.339 e. The molecule has 0 saturated carbocycles. The fourth-order valence-electron chi connectivity index (χ4n) is 4.40. The lowest BCUT2D eigenvalue weighted by Crippen LogP contribution is -2.57. The van der Waals surface area contributed by atoms with E-state index >= 15 is 0 Å². The number of carbonyl (C=O) groups excluding carboxylic acids is 2. The quantitative estimate of drug-likeness (QED) is 0.709. The molecule has 3 aliphatic heterocycles. The molecule has 134 valence electrons. The zero-order valence-electron chi connectivity index (χ0n) is 14.4. The number of piperazine rings is 1. The Morgan fingerprint density at radius 3 is 2.72 bits per heavy atom. The van der Waals surface area contributed by atoms with E-state index in [1.54, 1.807) is 4.90 Å². The Morgan fingerprint density at radius 1 is 1.04 bits per heavy atom. The van der Waals surface area contributed by atoms with Crippen LogP contribution in [-0.4, -0.2) is 60.4 Å². The maximum absolute atomic E-state index is 13.0. The highest BCUT2D eigenvalue weighted by molar-refractivity contribution is 9.10. The lowest BCUT2D eigenvalue weighted by molar-refractivity contribution is -0.142. The van der Waals surface area contributed by atoms with Gasteiger partial charge in [0.2, 0.25) is 11.8 Å². The minimum Gasteiger partial charge on any atom is -0.339 e. The van der Waals surface area contributed by atoms with Crippen LogP contribution in [0.1, 0.15) is 25.7 Å². The number of amides is 2. The predicted octanol–water partition coefficient (Wildman–Crippen LogP) is 2.50. The summed E-state index contributed by atoms with van der Waals surface area (Å²) in [4.78, 5) is 32.1. The molecule has 0 spiro atoms. The lowest BCUT2D eigenvalue weighted by Gasteiger charge is -2.44. The Labute approximate surface area is 157 Å². The molecule has 2 amide bonds. The van der Waals surface area contributed by atoms with Gasteiger partial charge in [-0.25, -0.2) is 0 Å². The second-order valence-corrected chi connectivity index (χ2v) is 8.11. The Kier molecular flexibility index (Phi) is 4.82. The molecule has 1 aromatic rings. The molecule has 4 rings (SSSR count). The zero-order chi connectivity index (χ0) is 17.4. The standard InChI is InChI=1S/C19H24BrN3O2/c20-16-6-1-2-7-17(16)23-10-8-15(19(23)25)18(24)22-12-11-21-9-4-3-5-14(21)13-22/h1-2,6-7,14-15H,3-5,8-13H2/t14-,15-/m1/s1. The van der Waals surface area contributed by atoms with E-state index in [-0.39, 0.29) is 11.8 Å². The summed E-state index contributed by atoms with van der Waals surface area (Å²) < 4.78 is 0.896. The smallest absolute Gasteiger partial charge is 0.239 e. The van der Waals surface area contributed by atoms with Gasteiger partial charge in [0.05, 0.1) is 5.69 Å². The third-order valence-electron chi connectivity index (χ3n) is 5.80. The molecule has 0 aromatic heterocycles. The zero-order valence-corrected chi connectivity index (χ0v) is 16.0. The first-order valence-electron chi connectivity index (χ1n) is 9.24. The van der Waals surface area contributed by atoms with Crippen molar-refractivity contribution in [1.29, 1.82) is 0 Å². The summed E-state index contributed by atoms with van der Waals surface area (Å²) in [7, 11) is 0. The molecule has 25 heavy (non-hydrogen) atoms. The van der Waals surface area contributed by atoms with Gasteiger partial charge in [0.15, 0.2) is 0 Å². The van der Waals surface area contributed by atoms with E-state index in [1.165, 1.54) is 19.3 Å². The lowest BCUT2D eigenvalue weighted by atomic mass is 9.98. The fourth-order valence-corrected chi connectivity index (χ4v) is 4.89. The van der Waals surface area contributed by atoms with Crippen molar-refractivity contribution in [1.82, 2.24) is 9.80 Å². The molecule has 3 saturated heterocycles. The molecule has 2 atom stereocenters. The van der Waals surface area contributed by atoms with Crippen LogP contribution in [0.4, 0.5) is 5.69 Å². The summed E-state index contributed by atoms with van der Waals surface area (Å²) in [6.45, 7) is 4.27. The summed E-state index contributed by atoms with van der Waals surface area (Å²) in [5.74, 6) is -0.532. The van der Waals surface area contributed by atoms with Gasteiger partial charge in [0, 0.05) is 36.7 Å². The number of benzene rings is 1. The van der Waals surface area contributed by atoms with Crippen LogP contribution < -0.4 is 4.90 Å². The van der Waals surface area contributed by atoms with E-state index in [9.17, 15) is 9.59 Å². The van der Waals surface area contributed by atoms with Gasteiger partial charge in [0.1, 0.15) is 5.92 Å². The van der Waals surface area contributed by atoms with Crippen LogP contribution in [0, 0.1) is 5.92 Å². The number of rotatable bonds is 2. The summed E-state index contributed by atoms with van der Waals surface area (Å²) in [6.07, 6.45) is 4.31. The van der Waals surface area contributed by atoms with Crippen molar-refractivity contribution in [3.05, 3.63) is 28.7 Å². The number of fused-ring (bicyclic) bond motifs is 1. The molecule has 0 aliphatic carbocycles. The molecule has 0 bridgehead atoms. The minimum atomic E-state index is -0.512. The van der Waals surface area contributed by atoms with Gasteiger partial charge in [-0.1, -0.05) is 18.6 Å². The average Bonchev–Trinajstić information content (AvgIpc) is 3.02. The predicted molar refractivity (Wildman–Crippen MR) is 100 cm³/mol. The number of nitrogens with zero attached hydrogens (tertiary/aromatic N) is 3. The molecule has 3 heterocycles. The number of piperidine rings is 1. The Bertz CT molecular complexity index is 680. The molecule has 0 N–H and O–H groups in total. The van der Waals surface area contributed by atoms with E-state index < -0.39 is 5.92 Å². The molecule has 3 aliphatic rings. The first-order valence-corrected chi connectivity index (χ1v) is 10.0. The van der Waals surface area contributed by atoms with Crippen molar-refractivity contribution in [3.8, 4) is 0 Å². The molecule has 0 unspecified atom stereocenters. The number of para-hydroxylation sites is 1. The van der Waals surface area contributed by atoms with Gasteiger partial charge >= 0.3 is 0 Å². The van der Waals surface area contributed by atoms with Crippen molar-refractivity contribution in [3.63, 3.8) is 0 Å². The first-order chi connectivity index (χ1) is 12.1. The van der Waals surface area contributed by atoms with E-state index in [0.29, 0.717) is 19.0 Å². The Hall–Kier alpha value is -1.40. The number of hydrogen-bond donors (Lipinski definition) is 0. The summed E-state index contributed by atoms with van der Waals surface area (Å²) in [6, 6.07) is 8.20. The number of hydrogen-bond acceptors (Lipinski definition) is 3. The number of anilines is 1. The monoisotopic (exact) mass is 405 g/mol. The van der Waals surface area contributed by atoms with Gasteiger partial charge in [-0.3, -0.25) is 14.5 Å². The highest BCUT2D eigenvalue weighted by Crippen LogP contribution is 2.32. The van der Waals surface area contributed by atoms with Crippen molar-refractivity contribution in [2.75, 3.05) is 37.6 Å². The van der Waals surface area contributed by atoms with Gasteiger partial charge in [-0.05, 0) is 53.9 Å². The Balaban J connectivity index is 1.45. The van der Waals surface area contributed by atoms with E-state index in [1.807, 2.05) is 29.2 Å². The second kappa shape index (κ2) is 7.08. The van der Waals surface area contributed by atoms with Crippen LogP contribution >= 0.6 is 15.9 Å².